The Morgan fingerprint density at radius 3 is 1.65 bits per heavy atom. The van der Waals surface area contributed by atoms with E-state index in [2.05, 4.69) is 19.1 Å². The van der Waals surface area contributed by atoms with Crippen molar-refractivity contribution in [2.45, 2.75) is 104 Å². The van der Waals surface area contributed by atoms with Gasteiger partial charge in [0.05, 0.1) is 0 Å². The van der Waals surface area contributed by atoms with Crippen LogP contribution in [0.2, 0.25) is 0 Å². The van der Waals surface area contributed by atoms with Crippen molar-refractivity contribution in [2.24, 2.45) is 0 Å². The van der Waals surface area contributed by atoms with Gasteiger partial charge in [0.15, 0.2) is 0 Å². The maximum atomic E-state index is 11.1. The molecule has 0 aliphatic rings. The molecule has 0 atom stereocenters. The molecule has 0 aliphatic carbocycles. The molecule has 1 amide bonds. The number of amides is 1. The SMILES string of the molecule is CCCCCCCC/C=C\CCCCCCCCN(C)C(C)=O. The first kappa shape index (κ1) is 22.2. The van der Waals surface area contributed by atoms with Gasteiger partial charge in [-0.15, -0.1) is 0 Å². The number of unbranched alkanes of at least 4 members (excludes halogenated alkanes) is 12. The van der Waals surface area contributed by atoms with Crippen molar-refractivity contribution in [3.8, 4) is 0 Å². The molecule has 0 rings (SSSR count). The zero-order chi connectivity index (χ0) is 17.2. The van der Waals surface area contributed by atoms with Crippen LogP contribution in [0.3, 0.4) is 0 Å². The molecule has 0 N–H and O–H groups in total. The van der Waals surface area contributed by atoms with E-state index in [1.54, 1.807) is 6.92 Å². The number of rotatable bonds is 16. The van der Waals surface area contributed by atoms with Crippen molar-refractivity contribution in [3.05, 3.63) is 12.2 Å². The summed E-state index contributed by atoms with van der Waals surface area (Å²) in [6.45, 7) is 4.83. The monoisotopic (exact) mass is 323 g/mol. The third-order valence-corrected chi connectivity index (χ3v) is 4.54. The van der Waals surface area contributed by atoms with Crippen LogP contribution in [0.5, 0.6) is 0 Å². The van der Waals surface area contributed by atoms with Gasteiger partial charge in [-0.05, 0) is 32.1 Å². The number of hydrogen-bond acceptors (Lipinski definition) is 1. The molecule has 136 valence electrons. The van der Waals surface area contributed by atoms with E-state index in [0.717, 1.165) is 13.0 Å². The minimum Gasteiger partial charge on any atom is -0.346 e. The Balaban J connectivity index is 3.15. The number of carbonyl (C=O) groups excluding carboxylic acids is 1. The number of allylic oxidation sites excluding steroid dienone is 2. The first-order valence-electron chi connectivity index (χ1n) is 10.0. The Bertz CT molecular complexity index is 286. The standard InChI is InChI=1S/C21H41NO/c1-4-5-6-7-8-9-10-11-12-13-14-15-16-17-18-19-20-22(3)21(2)23/h11-12H,4-10,13-20H2,1-3H3/b12-11-. The fraction of sp³-hybridized carbons (Fsp3) is 0.857. The van der Waals surface area contributed by atoms with Gasteiger partial charge in [0.2, 0.25) is 5.91 Å². The van der Waals surface area contributed by atoms with Crippen LogP contribution < -0.4 is 0 Å². The topological polar surface area (TPSA) is 20.3 Å². The Morgan fingerprint density at radius 1 is 0.739 bits per heavy atom. The van der Waals surface area contributed by atoms with Crippen molar-refractivity contribution in [1.29, 1.82) is 0 Å². The van der Waals surface area contributed by atoms with E-state index < -0.39 is 0 Å². The average molecular weight is 324 g/mol. The Kier molecular flexibility index (Phi) is 17.0. The van der Waals surface area contributed by atoms with Crippen LogP contribution in [-0.2, 0) is 4.79 Å². The molecule has 0 saturated carbocycles. The second-order valence-electron chi connectivity index (χ2n) is 6.88. The number of hydrogen-bond donors (Lipinski definition) is 0. The molecule has 2 heteroatoms. The lowest BCUT2D eigenvalue weighted by molar-refractivity contribution is -0.127. The Hall–Kier alpha value is -0.790. The molecule has 0 bridgehead atoms. The summed E-state index contributed by atoms with van der Waals surface area (Å²) < 4.78 is 0. The van der Waals surface area contributed by atoms with Crippen molar-refractivity contribution in [1.82, 2.24) is 4.90 Å². The van der Waals surface area contributed by atoms with Crippen molar-refractivity contribution in [2.75, 3.05) is 13.6 Å². The molecular formula is C21H41NO. The molecule has 0 aromatic carbocycles. The maximum absolute atomic E-state index is 11.1. The summed E-state index contributed by atoms with van der Waals surface area (Å²) in [5.41, 5.74) is 0. The lowest BCUT2D eigenvalue weighted by Crippen LogP contribution is -2.24. The smallest absolute Gasteiger partial charge is 0.219 e. The summed E-state index contributed by atoms with van der Waals surface area (Å²) in [5.74, 6) is 0.178. The highest BCUT2D eigenvalue weighted by atomic mass is 16.2. The van der Waals surface area contributed by atoms with E-state index in [-0.39, 0.29) is 5.91 Å². The fourth-order valence-corrected chi connectivity index (χ4v) is 2.75. The second-order valence-corrected chi connectivity index (χ2v) is 6.88. The summed E-state index contributed by atoms with van der Waals surface area (Å²) in [5, 5.41) is 0. The second kappa shape index (κ2) is 17.6. The highest BCUT2D eigenvalue weighted by Crippen LogP contribution is 2.10. The van der Waals surface area contributed by atoms with Gasteiger partial charge >= 0.3 is 0 Å². The van der Waals surface area contributed by atoms with E-state index in [0.29, 0.717) is 0 Å². The molecule has 0 saturated heterocycles. The summed E-state index contributed by atoms with van der Waals surface area (Å²) in [4.78, 5) is 12.9. The van der Waals surface area contributed by atoms with E-state index in [1.165, 1.54) is 83.5 Å². The molecule has 0 aliphatic heterocycles. The van der Waals surface area contributed by atoms with Crippen LogP contribution >= 0.6 is 0 Å². The van der Waals surface area contributed by atoms with Gasteiger partial charge in [0.25, 0.3) is 0 Å². The van der Waals surface area contributed by atoms with Gasteiger partial charge in [-0.2, -0.15) is 0 Å². The molecule has 0 radical (unpaired) electrons. The van der Waals surface area contributed by atoms with Gasteiger partial charge in [-0.25, -0.2) is 0 Å². The maximum Gasteiger partial charge on any atom is 0.219 e. The highest BCUT2D eigenvalue weighted by Gasteiger charge is 2.00. The van der Waals surface area contributed by atoms with Gasteiger partial charge in [0.1, 0.15) is 0 Å². The van der Waals surface area contributed by atoms with Crippen LogP contribution in [0.15, 0.2) is 12.2 Å². The largest absolute Gasteiger partial charge is 0.346 e. The normalized spacial score (nSPS) is 11.3. The Morgan fingerprint density at radius 2 is 1.17 bits per heavy atom. The predicted octanol–water partition coefficient (Wildman–Crippen LogP) is 6.50. The molecule has 0 aromatic rings. The van der Waals surface area contributed by atoms with Crippen LogP contribution in [0.1, 0.15) is 104 Å². The van der Waals surface area contributed by atoms with Crippen molar-refractivity contribution in [3.63, 3.8) is 0 Å². The van der Waals surface area contributed by atoms with E-state index in [9.17, 15) is 4.79 Å². The minimum absolute atomic E-state index is 0.178. The molecule has 0 aromatic heterocycles. The number of carbonyl (C=O) groups is 1. The van der Waals surface area contributed by atoms with Crippen LogP contribution in [0, 0.1) is 0 Å². The highest BCUT2D eigenvalue weighted by molar-refractivity contribution is 5.72. The van der Waals surface area contributed by atoms with Gasteiger partial charge in [0, 0.05) is 20.5 Å². The first-order valence-corrected chi connectivity index (χ1v) is 10.0. The average Bonchev–Trinajstić information content (AvgIpc) is 2.54. The Labute approximate surface area is 145 Å². The third-order valence-electron chi connectivity index (χ3n) is 4.54. The predicted molar refractivity (Wildman–Crippen MR) is 103 cm³/mol. The molecular weight excluding hydrogens is 282 g/mol. The zero-order valence-corrected chi connectivity index (χ0v) is 16.1. The van der Waals surface area contributed by atoms with Gasteiger partial charge < -0.3 is 4.90 Å². The van der Waals surface area contributed by atoms with E-state index in [1.807, 2.05) is 11.9 Å². The van der Waals surface area contributed by atoms with Gasteiger partial charge in [-0.3, -0.25) is 4.79 Å². The molecule has 0 spiro atoms. The molecule has 23 heavy (non-hydrogen) atoms. The third kappa shape index (κ3) is 17.4. The molecule has 0 heterocycles. The molecule has 0 unspecified atom stereocenters. The van der Waals surface area contributed by atoms with Crippen LogP contribution in [0.4, 0.5) is 0 Å². The van der Waals surface area contributed by atoms with E-state index >= 15 is 0 Å². The van der Waals surface area contributed by atoms with Crippen molar-refractivity contribution < 1.29 is 4.79 Å². The summed E-state index contributed by atoms with van der Waals surface area (Å²) in [6.07, 6.45) is 23.4. The lowest BCUT2D eigenvalue weighted by atomic mass is 10.1. The summed E-state index contributed by atoms with van der Waals surface area (Å²) in [7, 11) is 1.89. The first-order chi connectivity index (χ1) is 11.2. The van der Waals surface area contributed by atoms with Crippen LogP contribution in [0.25, 0.3) is 0 Å². The van der Waals surface area contributed by atoms with Gasteiger partial charge in [-0.1, -0.05) is 76.9 Å². The molecule has 0 fully saturated rings. The number of nitrogens with zero attached hydrogens (tertiary/aromatic N) is 1. The quantitative estimate of drug-likeness (QED) is 0.234. The minimum atomic E-state index is 0.178. The van der Waals surface area contributed by atoms with Crippen molar-refractivity contribution >= 4 is 5.91 Å². The molecule has 2 nitrogen and oxygen atoms in total. The van der Waals surface area contributed by atoms with Crippen LogP contribution in [-0.4, -0.2) is 24.4 Å². The zero-order valence-electron chi connectivity index (χ0n) is 16.1. The summed E-state index contributed by atoms with van der Waals surface area (Å²) >= 11 is 0. The van der Waals surface area contributed by atoms with E-state index in [4.69, 9.17) is 0 Å². The summed E-state index contributed by atoms with van der Waals surface area (Å²) in [6, 6.07) is 0. The fourth-order valence-electron chi connectivity index (χ4n) is 2.75. The lowest BCUT2D eigenvalue weighted by Gasteiger charge is -2.13.